The van der Waals surface area contributed by atoms with Gasteiger partial charge in [-0.05, 0) is 30.5 Å². The highest BCUT2D eigenvalue weighted by molar-refractivity contribution is 5.97. The first-order chi connectivity index (χ1) is 12.7. The van der Waals surface area contributed by atoms with Crippen LogP contribution in [0.1, 0.15) is 29.4 Å². The van der Waals surface area contributed by atoms with Gasteiger partial charge >= 0.3 is 0 Å². The third-order valence-electron chi connectivity index (χ3n) is 4.35. The molecule has 0 atom stereocenters. The predicted octanol–water partition coefficient (Wildman–Crippen LogP) is 3.63. The lowest BCUT2D eigenvalue weighted by molar-refractivity contribution is 0.0945. The van der Waals surface area contributed by atoms with Crippen molar-refractivity contribution in [1.82, 2.24) is 9.88 Å². The van der Waals surface area contributed by atoms with Crippen LogP contribution in [-0.4, -0.2) is 31.2 Å². The fourth-order valence-electron chi connectivity index (χ4n) is 3.08. The van der Waals surface area contributed by atoms with E-state index in [0.717, 1.165) is 29.6 Å². The summed E-state index contributed by atoms with van der Waals surface area (Å²) in [6.07, 6.45) is 3.30. The van der Waals surface area contributed by atoms with Crippen LogP contribution < -0.4 is 14.8 Å². The smallest absolute Gasteiger partial charge is 0.268 e. The second-order valence-corrected chi connectivity index (χ2v) is 6.05. The van der Waals surface area contributed by atoms with Crippen molar-refractivity contribution >= 4 is 17.0 Å². The van der Waals surface area contributed by atoms with E-state index in [9.17, 15) is 4.79 Å². The van der Waals surface area contributed by atoms with Gasteiger partial charge in [-0.15, -0.1) is 0 Å². The molecule has 138 valence electrons. The minimum atomic E-state index is -0.0923. The fourth-order valence-corrected chi connectivity index (χ4v) is 3.08. The lowest BCUT2D eigenvalue weighted by atomic mass is 10.1. The second-order valence-electron chi connectivity index (χ2n) is 6.05. The molecule has 26 heavy (non-hydrogen) atoms. The molecule has 3 rings (SSSR count). The zero-order chi connectivity index (χ0) is 18.5. The molecule has 6 heteroatoms. The van der Waals surface area contributed by atoms with Crippen molar-refractivity contribution in [3.05, 3.63) is 47.9 Å². The van der Waals surface area contributed by atoms with Crippen LogP contribution in [0, 0.1) is 0 Å². The number of fused-ring (bicyclic) bond motifs is 1. The van der Waals surface area contributed by atoms with Gasteiger partial charge in [0.1, 0.15) is 5.69 Å². The molecule has 0 aliphatic rings. The van der Waals surface area contributed by atoms with Gasteiger partial charge in [0.25, 0.3) is 5.91 Å². The number of amides is 1. The van der Waals surface area contributed by atoms with E-state index in [-0.39, 0.29) is 5.91 Å². The number of carbonyl (C=O) groups is 1. The monoisotopic (exact) mass is 356 g/mol. The minimum Gasteiger partial charge on any atom is -0.493 e. The van der Waals surface area contributed by atoms with E-state index in [2.05, 4.69) is 12.2 Å². The predicted molar refractivity (Wildman–Crippen MR) is 100 cm³/mol. The van der Waals surface area contributed by atoms with Crippen LogP contribution >= 0.6 is 0 Å². The highest BCUT2D eigenvalue weighted by atomic mass is 16.5. The van der Waals surface area contributed by atoms with E-state index >= 15 is 0 Å². The zero-order valence-corrected chi connectivity index (χ0v) is 15.4. The summed E-state index contributed by atoms with van der Waals surface area (Å²) >= 11 is 0. The van der Waals surface area contributed by atoms with Gasteiger partial charge in [-0.1, -0.05) is 13.0 Å². The molecule has 1 amide bonds. The molecule has 0 spiro atoms. The largest absolute Gasteiger partial charge is 0.493 e. The Morgan fingerprint density at radius 1 is 1.15 bits per heavy atom. The highest BCUT2D eigenvalue weighted by Crippen LogP contribution is 2.27. The summed E-state index contributed by atoms with van der Waals surface area (Å²) < 4.78 is 18.0. The number of benzene rings is 1. The van der Waals surface area contributed by atoms with Crippen molar-refractivity contribution in [2.45, 2.75) is 26.3 Å². The number of ether oxygens (including phenoxy) is 2. The molecule has 1 aromatic carbocycles. The lowest BCUT2D eigenvalue weighted by Gasteiger charge is -2.11. The van der Waals surface area contributed by atoms with Crippen molar-refractivity contribution in [3.8, 4) is 11.5 Å². The Kier molecular flexibility index (Phi) is 5.51. The van der Waals surface area contributed by atoms with Crippen LogP contribution in [0.2, 0.25) is 0 Å². The molecule has 6 nitrogen and oxygen atoms in total. The molecule has 3 aromatic rings. The standard InChI is InChI=1S/C20H24N2O4/c1-4-10-22-15-8-11-26-18(15)13-16(22)20(23)21-9-7-14-5-6-17(24-2)19(12-14)25-3/h5-6,8,11-13H,4,7,9-10H2,1-3H3,(H,21,23). The molecule has 0 aliphatic carbocycles. The van der Waals surface area contributed by atoms with Gasteiger partial charge in [0, 0.05) is 25.2 Å². The molecular weight excluding hydrogens is 332 g/mol. The maximum Gasteiger partial charge on any atom is 0.268 e. The van der Waals surface area contributed by atoms with Crippen LogP contribution in [0.3, 0.4) is 0 Å². The normalized spacial score (nSPS) is 10.9. The third-order valence-corrected chi connectivity index (χ3v) is 4.35. The first-order valence-electron chi connectivity index (χ1n) is 8.73. The Labute approximate surface area is 152 Å². The molecule has 0 saturated heterocycles. The van der Waals surface area contributed by atoms with Crippen molar-refractivity contribution in [2.75, 3.05) is 20.8 Å². The van der Waals surface area contributed by atoms with E-state index in [1.165, 1.54) is 0 Å². The Bertz CT molecular complexity index is 894. The highest BCUT2D eigenvalue weighted by Gasteiger charge is 2.16. The summed E-state index contributed by atoms with van der Waals surface area (Å²) in [6, 6.07) is 9.47. The zero-order valence-electron chi connectivity index (χ0n) is 15.4. The molecule has 1 N–H and O–H groups in total. The number of nitrogens with zero attached hydrogens (tertiary/aromatic N) is 1. The fraction of sp³-hybridized carbons (Fsp3) is 0.350. The lowest BCUT2D eigenvalue weighted by Crippen LogP contribution is -2.28. The molecule has 0 aliphatic heterocycles. The molecule has 0 saturated carbocycles. The summed E-state index contributed by atoms with van der Waals surface area (Å²) in [4.78, 5) is 12.6. The van der Waals surface area contributed by atoms with Crippen molar-refractivity contribution in [3.63, 3.8) is 0 Å². The summed E-state index contributed by atoms with van der Waals surface area (Å²) in [7, 11) is 3.22. The van der Waals surface area contributed by atoms with E-state index in [1.54, 1.807) is 26.5 Å². The number of furan rings is 1. The van der Waals surface area contributed by atoms with E-state index in [4.69, 9.17) is 13.9 Å². The summed E-state index contributed by atoms with van der Waals surface area (Å²) in [6.45, 7) is 3.40. The Hall–Kier alpha value is -2.89. The van der Waals surface area contributed by atoms with E-state index in [1.807, 2.05) is 28.8 Å². The molecule has 0 unspecified atom stereocenters. The number of nitrogens with one attached hydrogen (secondary N) is 1. The summed E-state index contributed by atoms with van der Waals surface area (Å²) in [5, 5.41) is 2.99. The second kappa shape index (κ2) is 7.99. The maximum atomic E-state index is 12.6. The van der Waals surface area contributed by atoms with Crippen LogP contribution in [0.25, 0.3) is 11.1 Å². The topological polar surface area (TPSA) is 65.6 Å². The number of hydrogen-bond donors (Lipinski definition) is 1. The van der Waals surface area contributed by atoms with E-state index < -0.39 is 0 Å². The maximum absolute atomic E-state index is 12.6. The first kappa shape index (κ1) is 17.9. The van der Waals surface area contributed by atoms with Crippen LogP contribution in [0.15, 0.2) is 41.0 Å². The Morgan fingerprint density at radius 3 is 2.69 bits per heavy atom. The molecule has 2 heterocycles. The average Bonchev–Trinajstić information content (AvgIpc) is 3.24. The van der Waals surface area contributed by atoms with Gasteiger partial charge in [0.15, 0.2) is 17.1 Å². The van der Waals surface area contributed by atoms with Crippen molar-refractivity contribution in [2.24, 2.45) is 0 Å². The Balaban J connectivity index is 1.66. The van der Waals surface area contributed by atoms with Crippen LogP contribution in [0.4, 0.5) is 0 Å². The van der Waals surface area contributed by atoms with Crippen LogP contribution in [-0.2, 0) is 13.0 Å². The molecule has 0 bridgehead atoms. The molecule has 0 radical (unpaired) electrons. The number of rotatable bonds is 8. The van der Waals surface area contributed by atoms with Gasteiger partial charge < -0.3 is 23.8 Å². The molecule has 2 aromatic heterocycles. The molecule has 0 fully saturated rings. The minimum absolute atomic E-state index is 0.0923. The van der Waals surface area contributed by atoms with Crippen molar-refractivity contribution in [1.29, 1.82) is 0 Å². The van der Waals surface area contributed by atoms with Crippen LogP contribution in [0.5, 0.6) is 11.5 Å². The van der Waals surface area contributed by atoms with Gasteiger partial charge in [-0.2, -0.15) is 0 Å². The van der Waals surface area contributed by atoms with Gasteiger partial charge in [-0.25, -0.2) is 0 Å². The average molecular weight is 356 g/mol. The number of aromatic nitrogens is 1. The van der Waals surface area contributed by atoms with Gasteiger partial charge in [0.2, 0.25) is 0 Å². The number of methoxy groups -OCH3 is 2. The number of aryl methyl sites for hydroxylation is 1. The first-order valence-corrected chi connectivity index (χ1v) is 8.73. The Morgan fingerprint density at radius 2 is 1.96 bits per heavy atom. The summed E-state index contributed by atoms with van der Waals surface area (Å²) in [5.41, 5.74) is 3.40. The summed E-state index contributed by atoms with van der Waals surface area (Å²) in [5.74, 6) is 1.29. The number of carbonyl (C=O) groups excluding carboxylic acids is 1. The van der Waals surface area contributed by atoms with Gasteiger partial charge in [0.05, 0.1) is 26.0 Å². The number of hydrogen-bond acceptors (Lipinski definition) is 4. The molecular formula is C20H24N2O4. The quantitative estimate of drug-likeness (QED) is 0.669. The third kappa shape index (κ3) is 3.54. The van der Waals surface area contributed by atoms with E-state index in [0.29, 0.717) is 30.2 Å². The SMILES string of the molecule is CCCn1c(C(=O)NCCc2ccc(OC)c(OC)c2)cc2occc21. The van der Waals surface area contributed by atoms with Gasteiger partial charge in [-0.3, -0.25) is 4.79 Å². The van der Waals surface area contributed by atoms with Crippen molar-refractivity contribution < 1.29 is 18.7 Å².